The van der Waals surface area contributed by atoms with Gasteiger partial charge in [-0.1, -0.05) is 77.3 Å². The highest BCUT2D eigenvalue weighted by atomic mass is 35.5. The molecular formula is C31H21Cl3N2O5. The molecule has 206 valence electrons. The van der Waals surface area contributed by atoms with Crippen molar-refractivity contribution in [3.63, 3.8) is 0 Å². The highest BCUT2D eigenvalue weighted by Crippen LogP contribution is 2.35. The number of nitrogens with one attached hydrogen (secondary N) is 1. The van der Waals surface area contributed by atoms with Gasteiger partial charge < -0.3 is 9.47 Å². The summed E-state index contributed by atoms with van der Waals surface area (Å²) in [7, 11) is 0. The number of carbonyl (C=O) groups is 3. The Kier molecular flexibility index (Phi) is 8.59. The van der Waals surface area contributed by atoms with E-state index in [-0.39, 0.29) is 39.2 Å². The zero-order valence-electron chi connectivity index (χ0n) is 21.3. The molecule has 1 N–H and O–H groups in total. The van der Waals surface area contributed by atoms with Crippen LogP contribution < -0.4 is 19.7 Å². The van der Waals surface area contributed by atoms with Gasteiger partial charge in [0, 0.05) is 15.6 Å². The van der Waals surface area contributed by atoms with E-state index < -0.39 is 17.8 Å². The Hall–Kier alpha value is -4.30. The first-order valence-corrected chi connectivity index (χ1v) is 13.5. The quantitative estimate of drug-likeness (QED) is 0.166. The van der Waals surface area contributed by atoms with E-state index in [1.54, 1.807) is 42.5 Å². The molecule has 0 aliphatic carbocycles. The SMILES string of the molecule is O=C1NC(=O)N(c2ccc(OCc3ccccc3)cc2)C(=O)/C1=C/c1cc(Cl)cc(Cl)c1OCc1cccc(Cl)c1. The molecule has 0 radical (unpaired) electrons. The molecular weight excluding hydrogens is 587 g/mol. The standard InChI is InChI=1S/C31H21Cl3N2O5/c32-22-8-4-7-20(13-22)18-41-28-21(14-23(33)16-27(28)34)15-26-29(37)35-31(39)36(30(26)38)24-9-11-25(12-10-24)40-17-19-5-2-1-3-6-19/h1-16H,17-18H2,(H,35,37,39)/b26-15+. The van der Waals surface area contributed by atoms with Gasteiger partial charge >= 0.3 is 6.03 Å². The average molecular weight is 608 g/mol. The third-order valence-electron chi connectivity index (χ3n) is 6.05. The topological polar surface area (TPSA) is 84.9 Å². The van der Waals surface area contributed by atoms with Gasteiger partial charge in [-0.3, -0.25) is 14.9 Å². The van der Waals surface area contributed by atoms with Gasteiger partial charge in [-0.05, 0) is 65.7 Å². The van der Waals surface area contributed by atoms with Crippen molar-refractivity contribution in [3.8, 4) is 11.5 Å². The molecule has 0 unspecified atom stereocenters. The molecule has 0 spiro atoms. The van der Waals surface area contributed by atoms with Crippen LogP contribution in [0.3, 0.4) is 0 Å². The second-order valence-corrected chi connectivity index (χ2v) is 10.2. The first-order chi connectivity index (χ1) is 19.8. The summed E-state index contributed by atoms with van der Waals surface area (Å²) in [6.45, 7) is 0.468. The van der Waals surface area contributed by atoms with Crippen molar-refractivity contribution in [2.45, 2.75) is 13.2 Å². The molecule has 1 saturated heterocycles. The number of hydrogen-bond donors (Lipinski definition) is 1. The Morgan fingerprint density at radius 2 is 1.44 bits per heavy atom. The van der Waals surface area contributed by atoms with Crippen LogP contribution in [0.25, 0.3) is 6.08 Å². The van der Waals surface area contributed by atoms with Crippen LogP contribution in [0.15, 0.2) is 96.6 Å². The molecule has 5 rings (SSSR count). The Bertz CT molecular complexity index is 1660. The monoisotopic (exact) mass is 606 g/mol. The minimum Gasteiger partial charge on any atom is -0.489 e. The molecule has 1 heterocycles. The highest BCUT2D eigenvalue weighted by molar-refractivity contribution is 6.40. The van der Waals surface area contributed by atoms with Crippen LogP contribution in [0.4, 0.5) is 10.5 Å². The lowest BCUT2D eigenvalue weighted by molar-refractivity contribution is -0.122. The maximum Gasteiger partial charge on any atom is 0.335 e. The van der Waals surface area contributed by atoms with Crippen LogP contribution in [0.2, 0.25) is 15.1 Å². The summed E-state index contributed by atoms with van der Waals surface area (Å²) in [4.78, 5) is 39.8. The Morgan fingerprint density at radius 1 is 0.732 bits per heavy atom. The third kappa shape index (κ3) is 6.72. The van der Waals surface area contributed by atoms with Gasteiger partial charge in [0.05, 0.1) is 10.7 Å². The van der Waals surface area contributed by atoms with Crippen LogP contribution in [0, 0.1) is 0 Å². The number of amides is 4. The van der Waals surface area contributed by atoms with Crippen LogP contribution >= 0.6 is 34.8 Å². The van der Waals surface area contributed by atoms with Crippen LogP contribution in [0.1, 0.15) is 16.7 Å². The summed E-state index contributed by atoms with van der Waals surface area (Å²) in [5, 5.41) is 3.19. The summed E-state index contributed by atoms with van der Waals surface area (Å²) in [5.41, 5.74) is 2.00. The normalized spacial score (nSPS) is 14.3. The molecule has 0 aromatic heterocycles. The van der Waals surface area contributed by atoms with Gasteiger partial charge in [0.1, 0.15) is 30.3 Å². The number of imide groups is 2. The fourth-order valence-corrected chi connectivity index (χ4v) is 4.88. The molecule has 0 bridgehead atoms. The molecule has 4 aromatic carbocycles. The fourth-order valence-electron chi connectivity index (χ4n) is 4.10. The second kappa shape index (κ2) is 12.5. The lowest BCUT2D eigenvalue weighted by Gasteiger charge is -2.26. The Balaban J connectivity index is 1.39. The van der Waals surface area contributed by atoms with Gasteiger partial charge in [0.25, 0.3) is 11.8 Å². The van der Waals surface area contributed by atoms with E-state index in [2.05, 4.69) is 5.32 Å². The molecule has 1 aliphatic rings. The van der Waals surface area contributed by atoms with E-state index in [9.17, 15) is 14.4 Å². The maximum atomic E-state index is 13.5. The molecule has 41 heavy (non-hydrogen) atoms. The van der Waals surface area contributed by atoms with Crippen LogP contribution in [-0.2, 0) is 22.8 Å². The number of carbonyl (C=O) groups excluding carboxylic acids is 3. The molecule has 1 aliphatic heterocycles. The number of rotatable bonds is 8. The van der Waals surface area contributed by atoms with Gasteiger partial charge in [-0.2, -0.15) is 0 Å². The molecule has 1 fully saturated rings. The lowest BCUT2D eigenvalue weighted by atomic mass is 10.1. The molecule has 7 nitrogen and oxygen atoms in total. The minimum absolute atomic E-state index is 0.113. The largest absolute Gasteiger partial charge is 0.489 e. The number of ether oxygens (including phenoxy) is 2. The summed E-state index contributed by atoms with van der Waals surface area (Å²) in [6, 6.07) is 25.2. The first kappa shape index (κ1) is 28.2. The lowest BCUT2D eigenvalue weighted by Crippen LogP contribution is -2.54. The number of urea groups is 1. The van der Waals surface area contributed by atoms with Crippen LogP contribution in [-0.4, -0.2) is 17.8 Å². The number of hydrogen-bond acceptors (Lipinski definition) is 5. The van der Waals surface area contributed by atoms with E-state index >= 15 is 0 Å². The van der Waals surface area contributed by atoms with E-state index in [0.29, 0.717) is 17.4 Å². The van der Waals surface area contributed by atoms with Crippen molar-refractivity contribution >= 4 is 64.4 Å². The smallest absolute Gasteiger partial charge is 0.335 e. The molecule has 10 heteroatoms. The predicted molar refractivity (Wildman–Crippen MR) is 158 cm³/mol. The molecule has 4 amide bonds. The first-order valence-electron chi connectivity index (χ1n) is 12.3. The fraction of sp³-hybridized carbons (Fsp3) is 0.0645. The summed E-state index contributed by atoms with van der Waals surface area (Å²) < 4.78 is 11.7. The summed E-state index contributed by atoms with van der Waals surface area (Å²) >= 11 is 18.7. The number of anilines is 1. The average Bonchev–Trinajstić information content (AvgIpc) is 2.95. The van der Waals surface area contributed by atoms with Crippen molar-refractivity contribution in [1.82, 2.24) is 5.32 Å². The zero-order valence-corrected chi connectivity index (χ0v) is 23.5. The van der Waals surface area contributed by atoms with Crippen molar-refractivity contribution in [3.05, 3.63) is 128 Å². The Morgan fingerprint density at radius 3 is 2.17 bits per heavy atom. The number of barbiturate groups is 1. The minimum atomic E-state index is -0.878. The number of nitrogens with zero attached hydrogens (tertiary/aromatic N) is 1. The van der Waals surface area contributed by atoms with Crippen LogP contribution in [0.5, 0.6) is 11.5 Å². The van der Waals surface area contributed by atoms with Crippen molar-refractivity contribution in [2.75, 3.05) is 4.90 Å². The maximum absolute atomic E-state index is 13.5. The van der Waals surface area contributed by atoms with E-state index in [0.717, 1.165) is 16.0 Å². The van der Waals surface area contributed by atoms with Gasteiger partial charge in [0.15, 0.2) is 0 Å². The molecule has 4 aromatic rings. The summed E-state index contributed by atoms with van der Waals surface area (Å²) in [6.07, 6.45) is 1.29. The van der Waals surface area contributed by atoms with Gasteiger partial charge in [-0.15, -0.1) is 0 Å². The van der Waals surface area contributed by atoms with Crippen molar-refractivity contribution < 1.29 is 23.9 Å². The number of halogens is 3. The third-order valence-corrected chi connectivity index (χ3v) is 6.79. The van der Waals surface area contributed by atoms with Crippen molar-refractivity contribution in [1.29, 1.82) is 0 Å². The van der Waals surface area contributed by atoms with E-state index in [1.807, 2.05) is 36.4 Å². The molecule has 0 atom stereocenters. The highest BCUT2D eigenvalue weighted by Gasteiger charge is 2.37. The summed E-state index contributed by atoms with van der Waals surface area (Å²) in [5.74, 6) is -0.943. The zero-order chi connectivity index (χ0) is 28.9. The van der Waals surface area contributed by atoms with E-state index in [4.69, 9.17) is 44.3 Å². The second-order valence-electron chi connectivity index (χ2n) is 8.95. The number of benzene rings is 4. The Labute approximate surface area is 250 Å². The predicted octanol–water partition coefficient (Wildman–Crippen LogP) is 7.47. The van der Waals surface area contributed by atoms with Crippen molar-refractivity contribution in [2.24, 2.45) is 0 Å². The van der Waals surface area contributed by atoms with E-state index in [1.165, 1.54) is 18.2 Å². The molecule has 0 saturated carbocycles. The van der Waals surface area contributed by atoms with Gasteiger partial charge in [-0.25, -0.2) is 9.69 Å². The van der Waals surface area contributed by atoms with Gasteiger partial charge in [0.2, 0.25) is 0 Å².